The van der Waals surface area contributed by atoms with Crippen molar-refractivity contribution in [3.63, 3.8) is 0 Å². The van der Waals surface area contributed by atoms with Gasteiger partial charge in [-0.1, -0.05) is 18.2 Å². The lowest BCUT2D eigenvalue weighted by Crippen LogP contribution is -2.44. The topological polar surface area (TPSA) is 100 Å². The van der Waals surface area contributed by atoms with E-state index in [1.54, 1.807) is 0 Å². The number of aromatic amines is 1. The van der Waals surface area contributed by atoms with Crippen molar-refractivity contribution in [1.29, 1.82) is 0 Å². The fourth-order valence-electron chi connectivity index (χ4n) is 2.62. The van der Waals surface area contributed by atoms with Crippen molar-refractivity contribution in [2.24, 2.45) is 11.7 Å². The molecule has 6 nitrogen and oxygen atoms in total. The van der Waals surface area contributed by atoms with Crippen molar-refractivity contribution >= 4 is 35.1 Å². The van der Waals surface area contributed by atoms with Gasteiger partial charge in [0.05, 0.1) is 6.04 Å². The van der Waals surface area contributed by atoms with E-state index in [0.29, 0.717) is 19.5 Å². The second-order valence-corrected chi connectivity index (χ2v) is 6.03. The Bertz CT molecular complexity index is 711. The summed E-state index contributed by atoms with van der Waals surface area (Å²) in [5.74, 6) is 0.0770. The number of carbonyl (C=O) groups excluding carboxylic acids is 2. The molecule has 1 heterocycles. The van der Waals surface area contributed by atoms with E-state index in [9.17, 15) is 9.59 Å². The minimum absolute atomic E-state index is 0. The van der Waals surface area contributed by atoms with Crippen LogP contribution in [0.4, 0.5) is 0 Å². The first-order chi connectivity index (χ1) is 11.1. The number of hydrogen-bond donors (Lipinski definition) is 4. The van der Waals surface area contributed by atoms with E-state index in [4.69, 9.17) is 5.73 Å². The van der Waals surface area contributed by atoms with Crippen LogP contribution in [-0.4, -0.2) is 35.9 Å². The molecule has 2 amide bonds. The molecule has 1 aromatic heterocycles. The standard InChI is InChI=1S/C17H22N4O2.ClH/c18-14(9-12-10-21-15-4-2-1-3-13(12)15)17(23)20-8-7-19-16(22)11-5-6-11;/h1-4,10-11,14,21H,5-9,18H2,(H,19,22)(H,20,23);1H/t14-;/m0./s1. The van der Waals surface area contributed by atoms with E-state index in [1.807, 2.05) is 30.5 Å². The number of rotatable bonds is 7. The highest BCUT2D eigenvalue weighted by Crippen LogP contribution is 2.28. The van der Waals surface area contributed by atoms with Crippen LogP contribution < -0.4 is 16.4 Å². The molecule has 1 atom stereocenters. The van der Waals surface area contributed by atoms with Crippen molar-refractivity contribution in [2.75, 3.05) is 13.1 Å². The fourth-order valence-corrected chi connectivity index (χ4v) is 2.62. The third kappa shape index (κ3) is 4.49. The molecule has 2 aromatic rings. The molecule has 1 fully saturated rings. The average molecular weight is 351 g/mol. The zero-order valence-electron chi connectivity index (χ0n) is 13.4. The number of para-hydroxylation sites is 1. The lowest BCUT2D eigenvalue weighted by Gasteiger charge is -2.12. The smallest absolute Gasteiger partial charge is 0.237 e. The summed E-state index contributed by atoms with van der Waals surface area (Å²) in [6, 6.07) is 7.33. The Balaban J connectivity index is 0.00000208. The van der Waals surface area contributed by atoms with Crippen LogP contribution >= 0.6 is 12.4 Å². The van der Waals surface area contributed by atoms with Gasteiger partial charge in [-0.15, -0.1) is 12.4 Å². The van der Waals surface area contributed by atoms with E-state index >= 15 is 0 Å². The highest BCUT2D eigenvalue weighted by Gasteiger charge is 2.29. The second kappa shape index (κ2) is 8.17. The lowest BCUT2D eigenvalue weighted by atomic mass is 10.1. The molecular weight excluding hydrogens is 328 g/mol. The molecule has 0 saturated heterocycles. The molecule has 130 valence electrons. The highest BCUT2D eigenvalue weighted by atomic mass is 35.5. The van der Waals surface area contributed by atoms with Crippen LogP contribution in [0.15, 0.2) is 30.5 Å². The Labute approximate surface area is 147 Å². The SMILES string of the molecule is Cl.N[C@@H](Cc1c[nH]c2ccccc12)C(=O)NCCNC(=O)C1CC1. The predicted molar refractivity (Wildman–Crippen MR) is 96.0 cm³/mol. The number of aromatic nitrogens is 1. The maximum atomic E-state index is 12.0. The summed E-state index contributed by atoms with van der Waals surface area (Å²) >= 11 is 0. The summed E-state index contributed by atoms with van der Waals surface area (Å²) in [4.78, 5) is 26.7. The quantitative estimate of drug-likeness (QED) is 0.562. The van der Waals surface area contributed by atoms with Gasteiger partial charge in [-0.05, 0) is 30.9 Å². The Morgan fingerprint density at radius 3 is 2.67 bits per heavy atom. The maximum Gasteiger partial charge on any atom is 0.237 e. The fraction of sp³-hybridized carbons (Fsp3) is 0.412. The molecule has 1 aliphatic rings. The first-order valence-electron chi connectivity index (χ1n) is 8.01. The molecule has 1 saturated carbocycles. The predicted octanol–water partition coefficient (Wildman–Crippen LogP) is 1.10. The number of H-pyrrole nitrogens is 1. The molecule has 1 aliphatic carbocycles. The van der Waals surface area contributed by atoms with Crippen LogP contribution in [0.25, 0.3) is 10.9 Å². The van der Waals surface area contributed by atoms with Crippen LogP contribution in [0.3, 0.4) is 0 Å². The van der Waals surface area contributed by atoms with Crippen LogP contribution in [-0.2, 0) is 16.0 Å². The van der Waals surface area contributed by atoms with E-state index in [-0.39, 0.29) is 30.1 Å². The molecule has 7 heteroatoms. The molecule has 5 N–H and O–H groups in total. The maximum absolute atomic E-state index is 12.0. The first-order valence-corrected chi connectivity index (χ1v) is 8.01. The van der Waals surface area contributed by atoms with Crippen molar-refractivity contribution in [3.8, 4) is 0 Å². The van der Waals surface area contributed by atoms with Gasteiger partial charge >= 0.3 is 0 Å². The van der Waals surface area contributed by atoms with Gasteiger partial charge in [0.2, 0.25) is 11.8 Å². The monoisotopic (exact) mass is 350 g/mol. The summed E-state index contributed by atoms with van der Waals surface area (Å²) < 4.78 is 0. The summed E-state index contributed by atoms with van der Waals surface area (Å²) in [6.45, 7) is 0.847. The summed E-state index contributed by atoms with van der Waals surface area (Å²) in [5.41, 5.74) is 8.06. The third-order valence-electron chi connectivity index (χ3n) is 4.12. The molecule has 1 aromatic carbocycles. The number of benzene rings is 1. The molecule has 0 unspecified atom stereocenters. The van der Waals surface area contributed by atoms with Crippen LogP contribution in [0, 0.1) is 5.92 Å². The van der Waals surface area contributed by atoms with Crippen molar-refractivity contribution < 1.29 is 9.59 Å². The minimum atomic E-state index is -0.603. The summed E-state index contributed by atoms with van der Waals surface area (Å²) in [5, 5.41) is 6.67. The number of nitrogens with one attached hydrogen (secondary N) is 3. The number of fused-ring (bicyclic) bond motifs is 1. The Morgan fingerprint density at radius 1 is 1.21 bits per heavy atom. The average Bonchev–Trinajstić information content (AvgIpc) is 3.34. The number of halogens is 1. The highest BCUT2D eigenvalue weighted by molar-refractivity contribution is 5.86. The van der Waals surface area contributed by atoms with Crippen LogP contribution in [0.2, 0.25) is 0 Å². The second-order valence-electron chi connectivity index (χ2n) is 6.03. The van der Waals surface area contributed by atoms with Gasteiger partial charge in [0, 0.05) is 36.1 Å². The van der Waals surface area contributed by atoms with Gasteiger partial charge in [0.15, 0.2) is 0 Å². The zero-order chi connectivity index (χ0) is 16.2. The zero-order valence-corrected chi connectivity index (χ0v) is 14.2. The van der Waals surface area contributed by atoms with E-state index < -0.39 is 6.04 Å². The first kappa shape index (κ1) is 18.3. The largest absolute Gasteiger partial charge is 0.361 e. The van der Waals surface area contributed by atoms with Gasteiger partial charge < -0.3 is 21.4 Å². The number of amides is 2. The summed E-state index contributed by atoms with van der Waals surface area (Å²) in [7, 11) is 0. The van der Waals surface area contributed by atoms with Gasteiger partial charge in [-0.3, -0.25) is 9.59 Å². The number of nitrogens with two attached hydrogens (primary N) is 1. The van der Waals surface area contributed by atoms with E-state index in [1.165, 1.54) is 0 Å². The van der Waals surface area contributed by atoms with Crippen molar-refractivity contribution in [3.05, 3.63) is 36.0 Å². The normalized spacial score (nSPS) is 14.7. The lowest BCUT2D eigenvalue weighted by molar-refractivity contribution is -0.124. The van der Waals surface area contributed by atoms with Gasteiger partial charge in [-0.2, -0.15) is 0 Å². The van der Waals surface area contributed by atoms with Crippen LogP contribution in [0.1, 0.15) is 18.4 Å². The molecule has 24 heavy (non-hydrogen) atoms. The van der Waals surface area contributed by atoms with Gasteiger partial charge in [0.25, 0.3) is 0 Å². The number of carbonyl (C=O) groups is 2. The Morgan fingerprint density at radius 2 is 1.92 bits per heavy atom. The third-order valence-corrected chi connectivity index (χ3v) is 4.12. The van der Waals surface area contributed by atoms with Crippen molar-refractivity contribution in [1.82, 2.24) is 15.6 Å². The van der Waals surface area contributed by atoms with Crippen molar-refractivity contribution in [2.45, 2.75) is 25.3 Å². The molecular formula is C17H23ClN4O2. The molecule has 0 aliphatic heterocycles. The Kier molecular flexibility index (Phi) is 6.23. The van der Waals surface area contributed by atoms with Gasteiger partial charge in [-0.25, -0.2) is 0 Å². The summed E-state index contributed by atoms with van der Waals surface area (Å²) in [6.07, 6.45) is 4.33. The Hall–Kier alpha value is -2.05. The molecule has 3 rings (SSSR count). The van der Waals surface area contributed by atoms with Gasteiger partial charge in [0.1, 0.15) is 0 Å². The molecule has 0 radical (unpaired) electrons. The molecule has 0 spiro atoms. The number of hydrogen-bond acceptors (Lipinski definition) is 3. The van der Waals surface area contributed by atoms with E-state index in [0.717, 1.165) is 29.3 Å². The minimum Gasteiger partial charge on any atom is -0.361 e. The van der Waals surface area contributed by atoms with E-state index in [2.05, 4.69) is 15.6 Å². The molecule has 0 bridgehead atoms. The van der Waals surface area contributed by atoms with Crippen LogP contribution in [0.5, 0.6) is 0 Å².